The summed E-state index contributed by atoms with van der Waals surface area (Å²) in [4.78, 5) is 32.4. The average Bonchev–Trinajstić information content (AvgIpc) is 3.25. The number of fused-ring (bicyclic) bond motifs is 6. The summed E-state index contributed by atoms with van der Waals surface area (Å²) in [6.45, 7) is 4.06. The zero-order chi connectivity index (χ0) is 26.1. The molecule has 4 N–H and O–H groups in total. The fraction of sp³-hybridized carbons (Fsp3) is 0.207. The molecule has 0 fully saturated rings. The molecule has 8 nitrogen and oxygen atoms in total. The minimum atomic E-state index is -2.21. The quantitative estimate of drug-likeness (QED) is 0.366. The van der Waals surface area contributed by atoms with Crippen LogP contribution in [-0.4, -0.2) is 28.9 Å². The summed E-state index contributed by atoms with van der Waals surface area (Å²) >= 11 is 0. The second kappa shape index (κ2) is 7.78. The zero-order valence-electron chi connectivity index (χ0n) is 20.5. The molecule has 8 heteroatoms. The Morgan fingerprint density at radius 2 is 1.86 bits per heavy atom. The predicted molar refractivity (Wildman–Crippen MR) is 138 cm³/mol. The van der Waals surface area contributed by atoms with Gasteiger partial charge in [-0.15, -0.1) is 0 Å². The van der Waals surface area contributed by atoms with Crippen molar-refractivity contribution in [3.63, 3.8) is 0 Å². The molecule has 0 radical (unpaired) electrons. The van der Waals surface area contributed by atoms with Crippen molar-refractivity contribution in [2.24, 2.45) is 0 Å². The molecule has 0 bridgehead atoms. The van der Waals surface area contributed by atoms with Crippen LogP contribution in [0.15, 0.2) is 66.7 Å². The summed E-state index contributed by atoms with van der Waals surface area (Å²) in [5.74, 6) is -2.48. The smallest absolute Gasteiger partial charge is 0.271 e. The van der Waals surface area contributed by atoms with Crippen LogP contribution in [0.1, 0.15) is 57.3 Å². The number of nitrogens with zero attached hydrogens (tertiary/aromatic N) is 1. The third-order valence-corrected chi connectivity index (χ3v) is 7.30. The highest BCUT2D eigenvalue weighted by Crippen LogP contribution is 2.59. The highest BCUT2D eigenvalue weighted by Gasteiger charge is 2.72. The van der Waals surface area contributed by atoms with E-state index in [0.29, 0.717) is 22.6 Å². The lowest BCUT2D eigenvalue weighted by atomic mass is 9.82. The largest absolute Gasteiger partial charge is 0.496 e. The molecular weight excluding hydrogens is 470 g/mol. The number of pyridine rings is 1. The monoisotopic (exact) mass is 495 g/mol. The molecule has 3 aromatic carbocycles. The number of rotatable bonds is 4. The number of Topliss-reactive ketones (excluding diaryl/α,β-unsaturated/α-hetero) is 1. The van der Waals surface area contributed by atoms with E-state index in [4.69, 9.17) is 15.2 Å². The normalized spacial score (nSPS) is 21.4. The number of ketones is 1. The fourth-order valence-corrected chi connectivity index (χ4v) is 5.41. The van der Waals surface area contributed by atoms with Crippen LogP contribution in [0, 0.1) is 0 Å². The number of carbonyl (C=O) groups is 2. The van der Waals surface area contributed by atoms with Crippen LogP contribution in [0.2, 0.25) is 0 Å². The summed E-state index contributed by atoms with van der Waals surface area (Å²) in [7, 11) is 1.51. The maximum atomic E-state index is 14.1. The molecule has 2 atom stereocenters. The Bertz CT molecular complexity index is 1630. The van der Waals surface area contributed by atoms with Gasteiger partial charge in [0.25, 0.3) is 11.7 Å². The third kappa shape index (κ3) is 2.96. The lowest BCUT2D eigenvalue weighted by molar-refractivity contribution is -0.169. The number of hydrogen-bond acceptors (Lipinski definition) is 7. The number of para-hydroxylation sites is 1. The number of amides is 1. The number of anilines is 1. The Morgan fingerprint density at radius 3 is 2.62 bits per heavy atom. The number of aromatic nitrogens is 1. The molecule has 2 unspecified atom stereocenters. The molecule has 37 heavy (non-hydrogen) atoms. The molecule has 2 heterocycles. The van der Waals surface area contributed by atoms with E-state index in [9.17, 15) is 14.7 Å². The first kappa shape index (κ1) is 23.0. The first-order valence-corrected chi connectivity index (χ1v) is 12.0. The Labute approximate surface area is 213 Å². The number of nitrogens with two attached hydrogens (primary N) is 1. The van der Waals surface area contributed by atoms with Gasteiger partial charge in [0.2, 0.25) is 11.3 Å². The van der Waals surface area contributed by atoms with Gasteiger partial charge in [-0.3, -0.25) is 9.59 Å². The Balaban J connectivity index is 1.54. The molecule has 0 saturated heterocycles. The van der Waals surface area contributed by atoms with E-state index in [0.717, 1.165) is 10.9 Å². The van der Waals surface area contributed by atoms with Crippen molar-refractivity contribution >= 4 is 28.3 Å². The Hall–Kier alpha value is -4.43. The van der Waals surface area contributed by atoms with Crippen LogP contribution in [0.3, 0.4) is 0 Å². The standard InChI is InChI=1S/C29H25N3O5/c1-15(2)16-11-12-18-24(13-16)37-29(35)19-8-6-9-20(30)25(19)26(33)28(18,29)32-27(34)22-14-23(36-3)17-7-4-5-10-21(17)31-22/h4-15,35H,30H2,1-3H3,(H,32,34). The molecule has 0 saturated carbocycles. The van der Waals surface area contributed by atoms with Gasteiger partial charge >= 0.3 is 0 Å². The molecule has 1 aromatic heterocycles. The first-order valence-electron chi connectivity index (χ1n) is 12.0. The number of hydrogen-bond donors (Lipinski definition) is 3. The fourth-order valence-electron chi connectivity index (χ4n) is 5.41. The van der Waals surface area contributed by atoms with E-state index in [-0.39, 0.29) is 28.4 Å². The van der Waals surface area contributed by atoms with Crippen molar-refractivity contribution in [2.75, 3.05) is 12.8 Å². The summed E-state index contributed by atoms with van der Waals surface area (Å²) < 4.78 is 11.6. The van der Waals surface area contributed by atoms with Gasteiger partial charge in [-0.1, -0.05) is 50.2 Å². The summed E-state index contributed by atoms with van der Waals surface area (Å²) in [6, 6.07) is 19.0. The second-order valence-corrected chi connectivity index (χ2v) is 9.69. The topological polar surface area (TPSA) is 124 Å². The Kier molecular flexibility index (Phi) is 4.84. The molecule has 6 rings (SSSR count). The number of methoxy groups -OCH3 is 1. The molecule has 0 spiro atoms. The van der Waals surface area contributed by atoms with E-state index < -0.39 is 23.0 Å². The summed E-state index contributed by atoms with van der Waals surface area (Å²) in [6.07, 6.45) is 0. The van der Waals surface area contributed by atoms with Gasteiger partial charge in [0, 0.05) is 28.3 Å². The molecule has 186 valence electrons. The van der Waals surface area contributed by atoms with Crippen molar-refractivity contribution in [2.45, 2.75) is 31.1 Å². The summed E-state index contributed by atoms with van der Waals surface area (Å²) in [5.41, 5.74) is 6.61. The summed E-state index contributed by atoms with van der Waals surface area (Å²) in [5, 5.41) is 15.6. The minimum absolute atomic E-state index is 0.0243. The number of nitrogen functional groups attached to an aromatic ring is 1. The Morgan fingerprint density at radius 1 is 1.08 bits per heavy atom. The van der Waals surface area contributed by atoms with Gasteiger partial charge in [-0.25, -0.2) is 4.98 Å². The van der Waals surface area contributed by atoms with Crippen molar-refractivity contribution in [1.29, 1.82) is 0 Å². The van der Waals surface area contributed by atoms with Crippen LogP contribution >= 0.6 is 0 Å². The first-order chi connectivity index (χ1) is 17.7. The van der Waals surface area contributed by atoms with Gasteiger partial charge in [0.1, 0.15) is 17.2 Å². The van der Waals surface area contributed by atoms with Gasteiger partial charge < -0.3 is 25.6 Å². The number of carbonyl (C=O) groups excluding carboxylic acids is 2. The molecule has 1 aliphatic heterocycles. The number of benzene rings is 3. The van der Waals surface area contributed by atoms with E-state index in [2.05, 4.69) is 10.3 Å². The van der Waals surface area contributed by atoms with Crippen molar-refractivity contribution in [1.82, 2.24) is 10.3 Å². The number of nitrogens with one attached hydrogen (secondary N) is 1. The lowest BCUT2D eigenvalue weighted by Gasteiger charge is -2.34. The van der Waals surface area contributed by atoms with E-state index in [1.165, 1.54) is 13.2 Å². The van der Waals surface area contributed by atoms with E-state index in [1.54, 1.807) is 42.5 Å². The van der Waals surface area contributed by atoms with Crippen molar-refractivity contribution in [3.8, 4) is 11.5 Å². The SMILES string of the molecule is COc1cc(C(=O)NC23C(=O)c4c(N)cccc4C2(O)Oc2cc(C(C)C)ccc23)nc2ccccc12. The van der Waals surface area contributed by atoms with Gasteiger partial charge in [-0.2, -0.15) is 0 Å². The van der Waals surface area contributed by atoms with Crippen molar-refractivity contribution in [3.05, 3.63) is 94.7 Å². The molecule has 1 aliphatic carbocycles. The second-order valence-electron chi connectivity index (χ2n) is 9.69. The number of aliphatic hydroxyl groups is 1. The number of ether oxygens (including phenoxy) is 2. The molecule has 4 aromatic rings. The third-order valence-electron chi connectivity index (χ3n) is 7.30. The van der Waals surface area contributed by atoms with Gasteiger partial charge in [0.05, 0.1) is 18.2 Å². The molecular formula is C29H25N3O5. The van der Waals surface area contributed by atoms with Crippen LogP contribution in [-0.2, 0) is 11.3 Å². The maximum Gasteiger partial charge on any atom is 0.271 e. The van der Waals surface area contributed by atoms with Crippen molar-refractivity contribution < 1.29 is 24.2 Å². The molecule has 2 aliphatic rings. The van der Waals surface area contributed by atoms with Crippen LogP contribution in [0.5, 0.6) is 11.5 Å². The molecule has 1 amide bonds. The highest BCUT2D eigenvalue weighted by molar-refractivity contribution is 6.16. The van der Waals surface area contributed by atoms with Gasteiger partial charge in [0.15, 0.2) is 0 Å². The average molecular weight is 496 g/mol. The van der Waals surface area contributed by atoms with E-state index >= 15 is 0 Å². The van der Waals surface area contributed by atoms with Crippen LogP contribution in [0.4, 0.5) is 5.69 Å². The lowest BCUT2D eigenvalue weighted by Crippen LogP contribution is -2.60. The zero-order valence-corrected chi connectivity index (χ0v) is 20.5. The highest BCUT2D eigenvalue weighted by atomic mass is 16.6. The predicted octanol–water partition coefficient (Wildman–Crippen LogP) is 4.01. The maximum absolute atomic E-state index is 14.1. The van der Waals surface area contributed by atoms with E-state index in [1.807, 2.05) is 32.0 Å². The van der Waals surface area contributed by atoms with Crippen LogP contribution in [0.25, 0.3) is 10.9 Å². The van der Waals surface area contributed by atoms with Crippen LogP contribution < -0.4 is 20.5 Å². The minimum Gasteiger partial charge on any atom is -0.496 e. The van der Waals surface area contributed by atoms with Gasteiger partial charge in [-0.05, 0) is 35.7 Å².